The second kappa shape index (κ2) is 10.7. The van der Waals surface area contributed by atoms with E-state index in [1.165, 1.54) is 13.0 Å². The largest absolute Gasteiger partial charge is 0.456 e. The van der Waals surface area contributed by atoms with Gasteiger partial charge in [0.15, 0.2) is 6.73 Å². The first-order valence-corrected chi connectivity index (χ1v) is 10.4. The summed E-state index contributed by atoms with van der Waals surface area (Å²) in [6.45, 7) is 0.539. The highest BCUT2D eigenvalue weighted by molar-refractivity contribution is 6.32. The maximum Gasteiger partial charge on any atom is 0.417 e. The summed E-state index contributed by atoms with van der Waals surface area (Å²) in [7, 11) is 0. The monoisotopic (exact) mass is 528 g/mol. The van der Waals surface area contributed by atoms with Gasteiger partial charge in [0.25, 0.3) is 11.5 Å². The van der Waals surface area contributed by atoms with Crippen molar-refractivity contribution in [3.63, 3.8) is 0 Å². The number of aryl methyl sites for hydroxylation is 1. The molecule has 0 saturated carbocycles. The van der Waals surface area contributed by atoms with Gasteiger partial charge < -0.3 is 20.5 Å². The molecular weight excluding hydrogens is 512 g/mol. The normalized spacial score (nSPS) is 11.2. The van der Waals surface area contributed by atoms with E-state index in [2.05, 4.69) is 10.4 Å². The van der Waals surface area contributed by atoms with Crippen LogP contribution in [-0.2, 0) is 22.4 Å². The van der Waals surface area contributed by atoms with Crippen LogP contribution in [0.25, 0.3) is 0 Å². The number of alkyl halides is 3. The summed E-state index contributed by atoms with van der Waals surface area (Å²) in [6.07, 6.45) is -3.81. The number of anilines is 1. The molecule has 0 spiro atoms. The summed E-state index contributed by atoms with van der Waals surface area (Å²) >= 11 is 5.79. The first-order valence-electron chi connectivity index (χ1n) is 9.98. The van der Waals surface area contributed by atoms with Crippen LogP contribution in [0.5, 0.6) is 11.5 Å². The van der Waals surface area contributed by atoms with Crippen molar-refractivity contribution in [2.45, 2.75) is 19.8 Å². The molecule has 0 radical (unpaired) electrons. The topological polar surface area (TPSA) is 126 Å². The molecule has 0 fully saturated rings. The van der Waals surface area contributed by atoms with Crippen LogP contribution in [0.4, 0.5) is 23.2 Å². The van der Waals surface area contributed by atoms with E-state index in [0.717, 1.165) is 35.1 Å². The molecule has 36 heavy (non-hydrogen) atoms. The Morgan fingerprint density at radius 3 is 2.50 bits per heavy atom. The molecule has 0 saturated heterocycles. The van der Waals surface area contributed by atoms with Gasteiger partial charge in [-0.3, -0.25) is 14.4 Å². The zero-order valence-corrected chi connectivity index (χ0v) is 19.1. The van der Waals surface area contributed by atoms with Crippen molar-refractivity contribution in [3.8, 4) is 11.5 Å². The van der Waals surface area contributed by atoms with Gasteiger partial charge in [-0.15, -0.1) is 0 Å². The highest BCUT2D eigenvalue weighted by atomic mass is 35.5. The van der Waals surface area contributed by atoms with Crippen molar-refractivity contribution in [3.05, 3.63) is 80.5 Å². The number of nitrogens with one attached hydrogen (secondary N) is 1. The lowest BCUT2D eigenvalue weighted by Crippen LogP contribution is -2.27. The van der Waals surface area contributed by atoms with Gasteiger partial charge >= 0.3 is 12.1 Å². The summed E-state index contributed by atoms with van der Waals surface area (Å²) in [6, 6.07) is 5.57. The molecule has 0 aliphatic heterocycles. The van der Waals surface area contributed by atoms with Gasteiger partial charge in [-0.1, -0.05) is 11.6 Å². The first kappa shape index (κ1) is 26.6. The van der Waals surface area contributed by atoms with Crippen molar-refractivity contribution in [2.75, 3.05) is 11.9 Å². The van der Waals surface area contributed by atoms with E-state index in [0.29, 0.717) is 6.07 Å². The average Bonchev–Trinajstić information content (AvgIpc) is 2.80. The lowest BCUT2D eigenvalue weighted by atomic mass is 10.1. The number of hydrogen-bond donors (Lipinski definition) is 2. The highest BCUT2D eigenvalue weighted by Crippen LogP contribution is 2.40. The SMILES string of the molecule is Cc1cc(F)ccc1Oc1cc(C(F)(F)F)c(Cl)cc1C(=O)Nc1cnn(COC(=O)CN)c(=O)c1. The Kier molecular flexibility index (Phi) is 7.95. The fourth-order valence-electron chi connectivity index (χ4n) is 2.87. The predicted octanol–water partition coefficient (Wildman–Crippen LogP) is 3.87. The van der Waals surface area contributed by atoms with Crippen LogP contribution in [0.1, 0.15) is 21.5 Å². The van der Waals surface area contributed by atoms with E-state index in [1.807, 2.05) is 0 Å². The fourth-order valence-corrected chi connectivity index (χ4v) is 3.14. The lowest BCUT2D eigenvalue weighted by molar-refractivity contribution is -0.146. The fraction of sp³-hybridized carbons (Fsp3) is 0.182. The van der Waals surface area contributed by atoms with Gasteiger partial charge in [0, 0.05) is 6.07 Å². The molecule has 3 rings (SSSR count). The van der Waals surface area contributed by atoms with E-state index in [9.17, 15) is 31.9 Å². The van der Waals surface area contributed by atoms with Gasteiger partial charge in [-0.05, 0) is 42.8 Å². The average molecular weight is 529 g/mol. The Bertz CT molecular complexity index is 1380. The minimum Gasteiger partial charge on any atom is -0.456 e. The first-order chi connectivity index (χ1) is 16.9. The van der Waals surface area contributed by atoms with Crippen molar-refractivity contribution in [1.29, 1.82) is 0 Å². The van der Waals surface area contributed by atoms with Gasteiger partial charge in [0.05, 0.1) is 34.6 Å². The van der Waals surface area contributed by atoms with Crippen molar-refractivity contribution < 1.29 is 36.6 Å². The molecule has 0 bridgehead atoms. The third-order valence-corrected chi connectivity index (χ3v) is 4.93. The molecule has 2 aromatic carbocycles. The lowest BCUT2D eigenvalue weighted by Gasteiger charge is -2.17. The Morgan fingerprint density at radius 1 is 1.17 bits per heavy atom. The maximum absolute atomic E-state index is 13.4. The zero-order valence-electron chi connectivity index (χ0n) is 18.4. The number of nitrogens with two attached hydrogens (primary N) is 1. The summed E-state index contributed by atoms with van der Waals surface area (Å²) in [5, 5.41) is 5.28. The molecule has 0 aliphatic carbocycles. The van der Waals surface area contributed by atoms with Crippen LogP contribution in [0.15, 0.2) is 47.4 Å². The zero-order chi connectivity index (χ0) is 26.6. The second-order valence-electron chi connectivity index (χ2n) is 7.22. The number of carbonyl (C=O) groups excluding carboxylic acids is 2. The van der Waals surface area contributed by atoms with Crippen molar-refractivity contribution >= 4 is 29.2 Å². The number of aromatic nitrogens is 2. The van der Waals surface area contributed by atoms with Gasteiger partial charge in [0.2, 0.25) is 0 Å². The molecule has 0 unspecified atom stereocenters. The number of rotatable bonds is 7. The van der Waals surface area contributed by atoms with E-state index in [4.69, 9.17) is 26.8 Å². The standard InChI is InChI=1S/C22H17ClF4N4O5/c1-11-4-12(24)2-3-17(11)36-18-7-15(22(25,26)27)16(23)6-14(18)21(34)30-13-5-19(32)31(29-9-13)10-35-20(33)8-28/h2-7,9H,8,10,28H2,1H3,(H,30,34). The second-order valence-corrected chi connectivity index (χ2v) is 7.63. The van der Waals surface area contributed by atoms with Crippen LogP contribution >= 0.6 is 11.6 Å². The smallest absolute Gasteiger partial charge is 0.417 e. The third-order valence-electron chi connectivity index (χ3n) is 4.62. The molecule has 14 heteroatoms. The molecule has 1 heterocycles. The molecule has 9 nitrogen and oxygen atoms in total. The van der Waals surface area contributed by atoms with Gasteiger partial charge in [-0.2, -0.15) is 23.0 Å². The van der Waals surface area contributed by atoms with Crippen LogP contribution in [0.2, 0.25) is 5.02 Å². The number of carbonyl (C=O) groups is 2. The van der Waals surface area contributed by atoms with Crippen molar-refractivity contribution in [2.24, 2.45) is 5.73 Å². The Morgan fingerprint density at radius 2 is 1.89 bits per heavy atom. The van der Waals surface area contributed by atoms with E-state index >= 15 is 0 Å². The molecule has 3 aromatic rings. The molecule has 0 aliphatic rings. The number of halogens is 5. The van der Waals surface area contributed by atoms with E-state index in [1.54, 1.807) is 0 Å². The molecule has 1 amide bonds. The number of amides is 1. The molecule has 1 aromatic heterocycles. The van der Waals surface area contributed by atoms with E-state index in [-0.39, 0.29) is 17.0 Å². The number of ether oxygens (including phenoxy) is 2. The number of hydrogen-bond acceptors (Lipinski definition) is 7. The van der Waals surface area contributed by atoms with Crippen LogP contribution in [0, 0.1) is 12.7 Å². The Hall–Kier alpha value is -3.97. The predicted molar refractivity (Wildman–Crippen MR) is 119 cm³/mol. The van der Waals surface area contributed by atoms with Crippen LogP contribution in [0.3, 0.4) is 0 Å². The minimum absolute atomic E-state index is 0.00260. The summed E-state index contributed by atoms with van der Waals surface area (Å²) in [5.41, 5.74) is 2.81. The molecule has 0 atom stereocenters. The van der Waals surface area contributed by atoms with E-state index < -0.39 is 64.6 Å². The Labute approximate surface area is 205 Å². The number of esters is 1. The third kappa shape index (κ3) is 6.37. The molecule has 3 N–H and O–H groups in total. The highest BCUT2D eigenvalue weighted by Gasteiger charge is 2.35. The van der Waals surface area contributed by atoms with Crippen molar-refractivity contribution in [1.82, 2.24) is 9.78 Å². The number of nitrogens with zero attached hydrogens (tertiary/aromatic N) is 2. The summed E-state index contributed by atoms with van der Waals surface area (Å²) < 4.78 is 64.7. The number of benzene rings is 2. The summed E-state index contributed by atoms with van der Waals surface area (Å²) in [4.78, 5) is 36.2. The molecular formula is C22H17ClF4N4O5. The minimum atomic E-state index is -4.86. The quantitative estimate of drug-likeness (QED) is 0.352. The van der Waals surface area contributed by atoms with Gasteiger partial charge in [0.1, 0.15) is 17.3 Å². The molecule has 190 valence electrons. The van der Waals surface area contributed by atoms with Crippen LogP contribution in [-0.4, -0.2) is 28.2 Å². The van der Waals surface area contributed by atoms with Crippen LogP contribution < -0.4 is 21.3 Å². The maximum atomic E-state index is 13.4. The Balaban J connectivity index is 1.94. The summed E-state index contributed by atoms with van der Waals surface area (Å²) in [5.74, 6) is -2.87. The van der Waals surface area contributed by atoms with Gasteiger partial charge in [-0.25, -0.2) is 4.39 Å².